The van der Waals surface area contributed by atoms with Crippen LogP contribution in [0.15, 0.2) is 42.6 Å². The highest BCUT2D eigenvalue weighted by molar-refractivity contribution is 7.91. The molecule has 2 heterocycles. The highest BCUT2D eigenvalue weighted by Gasteiger charge is 2.34. The standard InChI is InChI=1S/C18H19FN2O4S/c1-25-17-7-6-13(12-20-17)18(22)21-9-8-16(26(23,24)11-10-21)14-4-2-3-5-15(14)19/h2-7,12,16H,8-11H2,1H3. The molecule has 1 aromatic heterocycles. The van der Waals surface area contributed by atoms with Gasteiger partial charge in [-0.05, 0) is 18.6 Å². The van der Waals surface area contributed by atoms with Gasteiger partial charge in [0, 0.05) is 30.9 Å². The highest BCUT2D eigenvalue weighted by Crippen LogP contribution is 2.31. The number of sulfone groups is 1. The molecule has 1 saturated heterocycles. The van der Waals surface area contributed by atoms with E-state index in [-0.39, 0.29) is 36.7 Å². The van der Waals surface area contributed by atoms with Gasteiger partial charge in [0.2, 0.25) is 5.88 Å². The molecule has 3 rings (SSSR count). The monoisotopic (exact) mass is 378 g/mol. The van der Waals surface area contributed by atoms with E-state index in [0.717, 1.165) is 0 Å². The van der Waals surface area contributed by atoms with E-state index in [4.69, 9.17) is 4.74 Å². The van der Waals surface area contributed by atoms with E-state index < -0.39 is 20.9 Å². The molecule has 0 bridgehead atoms. The summed E-state index contributed by atoms with van der Waals surface area (Å²) in [5.41, 5.74) is 0.514. The molecule has 0 radical (unpaired) electrons. The fraction of sp³-hybridized carbons (Fsp3) is 0.333. The van der Waals surface area contributed by atoms with Crippen molar-refractivity contribution < 1.29 is 22.3 Å². The predicted molar refractivity (Wildman–Crippen MR) is 94.2 cm³/mol. The van der Waals surface area contributed by atoms with Gasteiger partial charge in [0.1, 0.15) is 5.82 Å². The first-order valence-corrected chi connectivity index (χ1v) is 9.89. The maximum Gasteiger partial charge on any atom is 0.255 e. The van der Waals surface area contributed by atoms with Crippen LogP contribution in [0.3, 0.4) is 0 Å². The Morgan fingerprint density at radius 2 is 2.00 bits per heavy atom. The number of halogens is 1. The van der Waals surface area contributed by atoms with Crippen LogP contribution in [-0.2, 0) is 9.84 Å². The van der Waals surface area contributed by atoms with E-state index in [0.29, 0.717) is 11.4 Å². The van der Waals surface area contributed by atoms with E-state index in [1.54, 1.807) is 18.2 Å². The van der Waals surface area contributed by atoms with Gasteiger partial charge in [-0.2, -0.15) is 0 Å². The Bertz CT molecular complexity index is 900. The van der Waals surface area contributed by atoms with Crippen LogP contribution >= 0.6 is 0 Å². The maximum atomic E-state index is 14.1. The molecule has 1 fully saturated rings. The quantitative estimate of drug-likeness (QED) is 0.819. The topological polar surface area (TPSA) is 76.6 Å². The van der Waals surface area contributed by atoms with E-state index in [1.807, 2.05) is 0 Å². The third-order valence-electron chi connectivity index (χ3n) is 4.47. The van der Waals surface area contributed by atoms with Gasteiger partial charge in [0.05, 0.1) is 23.7 Å². The molecule has 138 valence electrons. The molecule has 1 unspecified atom stereocenters. The lowest BCUT2D eigenvalue weighted by Crippen LogP contribution is -2.33. The Morgan fingerprint density at radius 3 is 2.65 bits per heavy atom. The summed E-state index contributed by atoms with van der Waals surface area (Å²) in [6.45, 7) is 0.293. The number of carbonyl (C=O) groups excluding carboxylic acids is 1. The van der Waals surface area contributed by atoms with Crippen LogP contribution in [0.2, 0.25) is 0 Å². The minimum atomic E-state index is -3.56. The second kappa shape index (κ2) is 7.41. The number of aromatic nitrogens is 1. The average molecular weight is 378 g/mol. The molecule has 1 aliphatic rings. The number of benzene rings is 1. The van der Waals surface area contributed by atoms with Gasteiger partial charge >= 0.3 is 0 Å². The highest BCUT2D eigenvalue weighted by atomic mass is 32.2. The summed E-state index contributed by atoms with van der Waals surface area (Å²) < 4.78 is 44.3. The van der Waals surface area contributed by atoms with Gasteiger partial charge in [-0.1, -0.05) is 18.2 Å². The molecule has 1 amide bonds. The van der Waals surface area contributed by atoms with Crippen LogP contribution in [0.5, 0.6) is 5.88 Å². The minimum absolute atomic E-state index is 0.0676. The van der Waals surface area contributed by atoms with Crippen molar-refractivity contribution in [2.24, 2.45) is 0 Å². The smallest absolute Gasteiger partial charge is 0.255 e. The number of nitrogens with zero attached hydrogens (tertiary/aromatic N) is 2. The number of amides is 1. The summed E-state index contributed by atoms with van der Waals surface area (Å²) in [6, 6.07) is 9.04. The fourth-order valence-corrected chi connectivity index (χ4v) is 4.84. The van der Waals surface area contributed by atoms with Gasteiger partial charge in [0.15, 0.2) is 9.84 Å². The lowest BCUT2D eigenvalue weighted by Gasteiger charge is -2.20. The zero-order valence-corrected chi connectivity index (χ0v) is 15.1. The number of pyridine rings is 1. The zero-order chi connectivity index (χ0) is 18.7. The molecule has 1 atom stereocenters. The number of ether oxygens (including phenoxy) is 1. The van der Waals surface area contributed by atoms with Crippen molar-refractivity contribution in [3.8, 4) is 5.88 Å². The molecule has 1 aromatic carbocycles. The first-order valence-electron chi connectivity index (χ1n) is 8.17. The van der Waals surface area contributed by atoms with Crippen molar-refractivity contribution in [2.45, 2.75) is 11.7 Å². The molecule has 2 aromatic rings. The summed E-state index contributed by atoms with van der Waals surface area (Å²) in [5.74, 6) is -0.661. The Morgan fingerprint density at radius 1 is 1.23 bits per heavy atom. The van der Waals surface area contributed by atoms with E-state index in [1.165, 1.54) is 36.4 Å². The lowest BCUT2D eigenvalue weighted by atomic mass is 10.1. The second-order valence-electron chi connectivity index (χ2n) is 6.05. The Balaban J connectivity index is 1.82. The molecule has 0 spiro atoms. The summed E-state index contributed by atoms with van der Waals surface area (Å²) in [5, 5.41) is -0.949. The largest absolute Gasteiger partial charge is 0.481 e. The number of hydrogen-bond acceptors (Lipinski definition) is 5. The molecule has 0 saturated carbocycles. The van der Waals surface area contributed by atoms with Gasteiger partial charge < -0.3 is 9.64 Å². The summed E-state index contributed by atoms with van der Waals surface area (Å²) in [6.07, 6.45) is 1.55. The van der Waals surface area contributed by atoms with Crippen molar-refractivity contribution in [1.82, 2.24) is 9.88 Å². The number of hydrogen-bond donors (Lipinski definition) is 0. The Hall–Kier alpha value is -2.48. The van der Waals surface area contributed by atoms with Crippen molar-refractivity contribution in [2.75, 3.05) is 26.0 Å². The molecule has 6 nitrogen and oxygen atoms in total. The third kappa shape index (κ3) is 3.70. The van der Waals surface area contributed by atoms with Crippen LogP contribution in [0.4, 0.5) is 4.39 Å². The SMILES string of the molecule is COc1ccc(C(=O)N2CCC(c3ccccc3F)S(=O)(=O)CC2)cn1. The molecule has 8 heteroatoms. The van der Waals surface area contributed by atoms with E-state index >= 15 is 0 Å². The molecular weight excluding hydrogens is 359 g/mol. The third-order valence-corrected chi connectivity index (χ3v) is 6.58. The lowest BCUT2D eigenvalue weighted by molar-refractivity contribution is 0.0766. The predicted octanol–water partition coefficient (Wildman–Crippen LogP) is 2.23. The van der Waals surface area contributed by atoms with E-state index in [2.05, 4.69) is 4.98 Å². The number of rotatable bonds is 3. The summed E-state index contributed by atoms with van der Waals surface area (Å²) >= 11 is 0. The molecule has 0 aliphatic carbocycles. The summed E-state index contributed by atoms with van der Waals surface area (Å²) in [4.78, 5) is 18.1. The van der Waals surface area contributed by atoms with Crippen LogP contribution in [0.25, 0.3) is 0 Å². The van der Waals surface area contributed by atoms with Gasteiger partial charge in [-0.3, -0.25) is 4.79 Å². The number of methoxy groups -OCH3 is 1. The van der Waals surface area contributed by atoms with Gasteiger partial charge in [-0.15, -0.1) is 0 Å². The van der Waals surface area contributed by atoms with Crippen molar-refractivity contribution in [3.63, 3.8) is 0 Å². The van der Waals surface area contributed by atoms with Crippen molar-refractivity contribution >= 4 is 15.7 Å². The van der Waals surface area contributed by atoms with Crippen LogP contribution in [-0.4, -0.2) is 50.2 Å². The maximum absolute atomic E-state index is 14.1. The number of carbonyl (C=O) groups is 1. The fourth-order valence-electron chi connectivity index (χ4n) is 3.04. The minimum Gasteiger partial charge on any atom is -0.481 e. The van der Waals surface area contributed by atoms with Crippen LogP contribution in [0, 0.1) is 5.82 Å². The molecule has 26 heavy (non-hydrogen) atoms. The molecule has 0 N–H and O–H groups in total. The second-order valence-corrected chi connectivity index (χ2v) is 8.35. The van der Waals surface area contributed by atoms with Gasteiger partial charge in [-0.25, -0.2) is 17.8 Å². The average Bonchev–Trinajstić information content (AvgIpc) is 2.80. The van der Waals surface area contributed by atoms with Crippen LogP contribution < -0.4 is 4.74 Å². The normalized spacial score (nSPS) is 19.6. The zero-order valence-electron chi connectivity index (χ0n) is 14.3. The molecular formula is C18H19FN2O4S. The first kappa shape index (κ1) is 18.3. The summed E-state index contributed by atoms with van der Waals surface area (Å²) in [7, 11) is -2.09. The van der Waals surface area contributed by atoms with Crippen molar-refractivity contribution in [3.05, 3.63) is 59.5 Å². The molecule has 1 aliphatic heterocycles. The first-order chi connectivity index (χ1) is 12.4. The van der Waals surface area contributed by atoms with E-state index in [9.17, 15) is 17.6 Å². The van der Waals surface area contributed by atoms with Gasteiger partial charge in [0.25, 0.3) is 5.91 Å². The van der Waals surface area contributed by atoms with Crippen LogP contribution in [0.1, 0.15) is 27.6 Å². The van der Waals surface area contributed by atoms with Crippen molar-refractivity contribution in [1.29, 1.82) is 0 Å². The Labute approximate surface area is 151 Å². The Kier molecular flexibility index (Phi) is 5.22.